The summed E-state index contributed by atoms with van der Waals surface area (Å²) in [6, 6.07) is 8.07. The van der Waals surface area contributed by atoms with Crippen molar-refractivity contribution in [3.05, 3.63) is 42.5 Å². The van der Waals surface area contributed by atoms with Gasteiger partial charge >= 0.3 is 0 Å². The first kappa shape index (κ1) is 13.7. The minimum atomic E-state index is 0.104. The topological polar surface area (TPSA) is 38.3 Å². The molecule has 0 spiro atoms. The summed E-state index contributed by atoms with van der Waals surface area (Å²) in [5.74, 6) is 1.95. The highest BCUT2D eigenvalue weighted by atomic mass is 16.5. The van der Waals surface area contributed by atoms with Crippen LogP contribution in [-0.2, 0) is 4.79 Å². The Balaban J connectivity index is 2.02. The summed E-state index contributed by atoms with van der Waals surface area (Å²) in [5.41, 5.74) is 1.23. The van der Waals surface area contributed by atoms with Gasteiger partial charge in [-0.2, -0.15) is 0 Å². The average Bonchev–Trinajstić information content (AvgIpc) is 3.27. The number of carbonyl (C=O) groups is 1. The second kappa shape index (κ2) is 6.41. The van der Waals surface area contributed by atoms with Crippen LogP contribution in [0.25, 0.3) is 0 Å². The molecule has 1 aromatic carbocycles. The molecule has 1 fully saturated rings. The van der Waals surface area contributed by atoms with E-state index in [0.717, 1.165) is 5.75 Å². The first-order valence-electron chi connectivity index (χ1n) is 6.76. The van der Waals surface area contributed by atoms with Gasteiger partial charge in [-0.1, -0.05) is 18.2 Å². The molecular weight excluding hydrogens is 238 g/mol. The van der Waals surface area contributed by atoms with E-state index in [0.29, 0.717) is 24.8 Å². The van der Waals surface area contributed by atoms with Gasteiger partial charge in [0.05, 0.1) is 7.11 Å². The molecule has 0 aliphatic heterocycles. The maximum absolute atomic E-state index is 11.9. The molecule has 3 heteroatoms. The van der Waals surface area contributed by atoms with E-state index < -0.39 is 0 Å². The van der Waals surface area contributed by atoms with E-state index in [1.165, 1.54) is 18.4 Å². The summed E-state index contributed by atoms with van der Waals surface area (Å²) in [6.07, 6.45) is 4.72. The Morgan fingerprint density at radius 3 is 2.68 bits per heavy atom. The first-order valence-corrected chi connectivity index (χ1v) is 6.76. The van der Waals surface area contributed by atoms with Gasteiger partial charge in [0.15, 0.2) is 0 Å². The number of ether oxygens (including phenoxy) is 1. The van der Waals surface area contributed by atoms with Crippen molar-refractivity contribution < 1.29 is 9.53 Å². The molecule has 0 saturated heterocycles. The second-order valence-electron chi connectivity index (χ2n) is 5.01. The number of carbonyl (C=O) groups excluding carboxylic acids is 1. The van der Waals surface area contributed by atoms with Crippen molar-refractivity contribution in [3.63, 3.8) is 0 Å². The molecule has 102 valence electrons. The van der Waals surface area contributed by atoms with Crippen LogP contribution in [-0.4, -0.2) is 19.6 Å². The van der Waals surface area contributed by atoms with E-state index in [1.807, 2.05) is 12.1 Å². The van der Waals surface area contributed by atoms with Crippen LogP contribution in [0.3, 0.4) is 0 Å². The lowest BCUT2D eigenvalue weighted by atomic mass is 9.90. The molecule has 19 heavy (non-hydrogen) atoms. The van der Waals surface area contributed by atoms with Crippen molar-refractivity contribution in [1.29, 1.82) is 0 Å². The van der Waals surface area contributed by atoms with Crippen LogP contribution >= 0.6 is 0 Å². The van der Waals surface area contributed by atoms with Gasteiger partial charge in [0.25, 0.3) is 0 Å². The molecular formula is C16H21NO2. The van der Waals surface area contributed by atoms with Gasteiger partial charge < -0.3 is 10.1 Å². The zero-order chi connectivity index (χ0) is 13.7. The molecule has 1 N–H and O–H groups in total. The normalized spacial score (nSPS) is 15.6. The van der Waals surface area contributed by atoms with E-state index in [1.54, 1.807) is 13.2 Å². The fourth-order valence-corrected chi connectivity index (χ4v) is 2.36. The van der Waals surface area contributed by atoms with Crippen molar-refractivity contribution in [1.82, 2.24) is 5.32 Å². The minimum absolute atomic E-state index is 0.104. The summed E-state index contributed by atoms with van der Waals surface area (Å²) in [7, 11) is 1.66. The molecule has 0 radical (unpaired) electrons. The van der Waals surface area contributed by atoms with Gasteiger partial charge in [-0.05, 0) is 42.4 Å². The van der Waals surface area contributed by atoms with Gasteiger partial charge in [-0.15, -0.1) is 6.58 Å². The monoisotopic (exact) mass is 259 g/mol. The lowest BCUT2D eigenvalue weighted by molar-refractivity contribution is -0.121. The molecule has 3 nitrogen and oxygen atoms in total. The van der Waals surface area contributed by atoms with Crippen molar-refractivity contribution in [2.24, 2.45) is 5.92 Å². The van der Waals surface area contributed by atoms with E-state index >= 15 is 0 Å². The number of benzene rings is 1. The molecule has 2 rings (SSSR count). The van der Waals surface area contributed by atoms with Crippen molar-refractivity contribution in [2.45, 2.75) is 25.2 Å². The maximum atomic E-state index is 11.9. The van der Waals surface area contributed by atoms with E-state index in [2.05, 4.69) is 24.0 Å². The molecule has 1 aromatic rings. The quantitative estimate of drug-likeness (QED) is 0.765. The zero-order valence-electron chi connectivity index (χ0n) is 11.4. The predicted molar refractivity (Wildman–Crippen MR) is 76.3 cm³/mol. The Hall–Kier alpha value is -1.77. The fraction of sp³-hybridized carbons (Fsp3) is 0.438. The number of methoxy groups -OCH3 is 1. The lowest BCUT2D eigenvalue weighted by Gasteiger charge is -2.16. The van der Waals surface area contributed by atoms with E-state index in [-0.39, 0.29) is 5.91 Å². The Bertz CT molecular complexity index is 435. The summed E-state index contributed by atoms with van der Waals surface area (Å²) in [5, 5.41) is 2.86. The Morgan fingerprint density at radius 2 is 2.16 bits per heavy atom. The number of hydrogen-bond donors (Lipinski definition) is 1. The molecule has 1 aliphatic rings. The highest BCUT2D eigenvalue weighted by Crippen LogP contribution is 2.44. The Morgan fingerprint density at radius 1 is 1.47 bits per heavy atom. The largest absolute Gasteiger partial charge is 0.497 e. The van der Waals surface area contributed by atoms with Crippen molar-refractivity contribution in [2.75, 3.05) is 13.7 Å². The molecule has 1 aliphatic carbocycles. The fourth-order valence-electron chi connectivity index (χ4n) is 2.36. The summed E-state index contributed by atoms with van der Waals surface area (Å²) < 4.78 is 5.17. The van der Waals surface area contributed by atoms with Crippen LogP contribution < -0.4 is 10.1 Å². The van der Waals surface area contributed by atoms with E-state index in [4.69, 9.17) is 4.74 Å². The van der Waals surface area contributed by atoms with Crippen molar-refractivity contribution >= 4 is 5.91 Å². The number of rotatable bonds is 7. The SMILES string of the molecule is C=CCNC(=O)CC(c1ccc(OC)cc1)C1CC1. The Kier molecular flexibility index (Phi) is 4.61. The van der Waals surface area contributed by atoms with Crippen LogP contribution in [0.1, 0.15) is 30.7 Å². The number of hydrogen-bond acceptors (Lipinski definition) is 2. The molecule has 0 bridgehead atoms. The maximum Gasteiger partial charge on any atom is 0.220 e. The third-order valence-corrected chi connectivity index (χ3v) is 3.58. The number of amides is 1. The molecule has 1 amide bonds. The van der Waals surface area contributed by atoms with Gasteiger partial charge in [0, 0.05) is 13.0 Å². The van der Waals surface area contributed by atoms with Gasteiger partial charge in [0.2, 0.25) is 5.91 Å². The Labute approximate surface area is 114 Å². The van der Waals surface area contributed by atoms with Crippen LogP contribution in [0.15, 0.2) is 36.9 Å². The highest BCUT2D eigenvalue weighted by molar-refractivity contribution is 5.77. The van der Waals surface area contributed by atoms with Gasteiger partial charge in [-0.25, -0.2) is 0 Å². The number of nitrogens with one attached hydrogen (secondary N) is 1. The molecule has 0 aromatic heterocycles. The first-order chi connectivity index (χ1) is 9.24. The molecule has 1 unspecified atom stereocenters. The van der Waals surface area contributed by atoms with Gasteiger partial charge in [-0.3, -0.25) is 4.79 Å². The summed E-state index contributed by atoms with van der Waals surface area (Å²) in [4.78, 5) is 11.9. The van der Waals surface area contributed by atoms with Crippen LogP contribution in [0.4, 0.5) is 0 Å². The van der Waals surface area contributed by atoms with Crippen molar-refractivity contribution in [3.8, 4) is 5.75 Å². The molecule has 1 saturated carbocycles. The van der Waals surface area contributed by atoms with Crippen LogP contribution in [0, 0.1) is 5.92 Å². The summed E-state index contributed by atoms with van der Waals surface area (Å²) in [6.45, 7) is 4.15. The molecule has 1 atom stereocenters. The third-order valence-electron chi connectivity index (χ3n) is 3.58. The highest BCUT2D eigenvalue weighted by Gasteiger charge is 2.33. The van der Waals surface area contributed by atoms with Crippen LogP contribution in [0.2, 0.25) is 0 Å². The average molecular weight is 259 g/mol. The molecule has 0 heterocycles. The second-order valence-corrected chi connectivity index (χ2v) is 5.01. The van der Waals surface area contributed by atoms with Gasteiger partial charge in [0.1, 0.15) is 5.75 Å². The summed E-state index contributed by atoms with van der Waals surface area (Å²) >= 11 is 0. The standard InChI is InChI=1S/C16H21NO2/c1-3-10-17-16(18)11-15(12-4-5-12)13-6-8-14(19-2)9-7-13/h3,6-9,12,15H,1,4-5,10-11H2,2H3,(H,17,18). The third kappa shape index (κ3) is 3.85. The minimum Gasteiger partial charge on any atom is -0.497 e. The predicted octanol–water partition coefficient (Wildman–Crippen LogP) is 2.88. The lowest BCUT2D eigenvalue weighted by Crippen LogP contribution is -2.25. The zero-order valence-corrected chi connectivity index (χ0v) is 11.4. The van der Waals surface area contributed by atoms with E-state index in [9.17, 15) is 4.79 Å². The van der Waals surface area contributed by atoms with Crippen LogP contribution in [0.5, 0.6) is 5.75 Å². The smallest absolute Gasteiger partial charge is 0.220 e.